The number of amides is 1. The summed E-state index contributed by atoms with van der Waals surface area (Å²) in [5.41, 5.74) is 3.31. The first-order chi connectivity index (χ1) is 12.1. The Bertz CT molecular complexity index is 695. The average molecular weight is 359 g/mol. The number of morpholine rings is 1. The van der Waals surface area contributed by atoms with Crippen LogP contribution in [0.15, 0.2) is 48.5 Å². The van der Waals surface area contributed by atoms with Crippen molar-refractivity contribution in [3.63, 3.8) is 0 Å². The van der Waals surface area contributed by atoms with Crippen LogP contribution in [0.25, 0.3) is 0 Å². The molecule has 3 rings (SSSR count). The van der Waals surface area contributed by atoms with Gasteiger partial charge in [0.05, 0.1) is 19.6 Å². The van der Waals surface area contributed by atoms with Crippen LogP contribution in [-0.4, -0.2) is 44.2 Å². The normalized spacial score (nSPS) is 14.4. The molecule has 5 heteroatoms. The lowest BCUT2D eigenvalue weighted by atomic mass is 10.1. The number of rotatable bonds is 5. The molecule has 1 aliphatic rings. The Morgan fingerprint density at radius 3 is 2.28 bits per heavy atom. The van der Waals surface area contributed by atoms with Gasteiger partial charge in [-0.3, -0.25) is 4.79 Å². The lowest BCUT2D eigenvalue weighted by Crippen LogP contribution is -2.36. The predicted molar refractivity (Wildman–Crippen MR) is 101 cm³/mol. The molecule has 0 aliphatic carbocycles. The number of hydrogen-bond acceptors (Lipinski definition) is 3. The molecule has 1 heterocycles. The molecule has 1 amide bonds. The van der Waals surface area contributed by atoms with Crippen molar-refractivity contribution in [3.05, 3.63) is 64.7 Å². The van der Waals surface area contributed by atoms with Crippen molar-refractivity contribution in [1.82, 2.24) is 4.90 Å². The Balaban J connectivity index is 1.55. The van der Waals surface area contributed by atoms with Crippen LogP contribution in [0.5, 0.6) is 0 Å². The summed E-state index contributed by atoms with van der Waals surface area (Å²) in [6.07, 6.45) is 0.388. The fraction of sp³-hybridized carbons (Fsp3) is 0.350. The van der Waals surface area contributed by atoms with Crippen LogP contribution in [0.3, 0.4) is 0 Å². The number of hydrogen-bond donors (Lipinski definition) is 0. The minimum absolute atomic E-state index is 0.0968. The van der Waals surface area contributed by atoms with Gasteiger partial charge >= 0.3 is 0 Å². The van der Waals surface area contributed by atoms with Crippen molar-refractivity contribution in [3.8, 4) is 0 Å². The summed E-state index contributed by atoms with van der Waals surface area (Å²) >= 11 is 5.88. The van der Waals surface area contributed by atoms with E-state index in [1.807, 2.05) is 31.3 Å². The van der Waals surface area contributed by atoms with E-state index in [0.717, 1.165) is 37.4 Å². The number of benzene rings is 2. The van der Waals surface area contributed by atoms with E-state index in [4.69, 9.17) is 16.3 Å². The smallest absolute Gasteiger partial charge is 0.227 e. The standard InChI is InChI=1S/C20H23ClN2O2/c1-22(20(24)14-16-2-6-18(21)7-3-16)15-17-4-8-19(9-5-17)23-10-12-25-13-11-23/h2-9H,10-15H2,1H3. The first-order valence-electron chi connectivity index (χ1n) is 8.52. The van der Waals surface area contributed by atoms with Gasteiger partial charge < -0.3 is 14.5 Å². The van der Waals surface area contributed by atoms with Crippen molar-refractivity contribution in [2.45, 2.75) is 13.0 Å². The van der Waals surface area contributed by atoms with Crippen LogP contribution in [0.1, 0.15) is 11.1 Å². The highest BCUT2D eigenvalue weighted by atomic mass is 35.5. The van der Waals surface area contributed by atoms with Crippen LogP contribution >= 0.6 is 11.6 Å². The monoisotopic (exact) mass is 358 g/mol. The summed E-state index contributed by atoms with van der Waals surface area (Å²) < 4.78 is 5.39. The highest BCUT2D eigenvalue weighted by molar-refractivity contribution is 6.30. The molecule has 0 radical (unpaired) electrons. The predicted octanol–water partition coefficient (Wildman–Crippen LogP) is 3.38. The van der Waals surface area contributed by atoms with Gasteiger partial charge in [-0.1, -0.05) is 35.9 Å². The van der Waals surface area contributed by atoms with Gasteiger partial charge in [-0.25, -0.2) is 0 Å². The third-order valence-corrected chi connectivity index (χ3v) is 4.68. The number of carbonyl (C=O) groups excluding carboxylic acids is 1. The van der Waals surface area contributed by atoms with Gasteiger partial charge in [-0.05, 0) is 35.4 Å². The second-order valence-corrected chi connectivity index (χ2v) is 6.76. The number of carbonyl (C=O) groups is 1. The molecule has 0 saturated carbocycles. The molecule has 2 aromatic carbocycles. The number of nitrogens with zero attached hydrogens (tertiary/aromatic N) is 2. The molecule has 0 aromatic heterocycles. The van der Waals surface area contributed by atoms with Crippen molar-refractivity contribution in [2.24, 2.45) is 0 Å². The van der Waals surface area contributed by atoms with Crippen LogP contribution in [0.2, 0.25) is 5.02 Å². The van der Waals surface area contributed by atoms with Crippen molar-refractivity contribution in [1.29, 1.82) is 0 Å². The van der Waals surface area contributed by atoms with Crippen molar-refractivity contribution in [2.75, 3.05) is 38.3 Å². The number of likely N-dealkylation sites (N-methyl/N-ethyl adjacent to an activating group) is 1. The molecule has 1 fully saturated rings. The van der Waals surface area contributed by atoms with E-state index in [1.54, 1.807) is 4.90 Å². The first-order valence-corrected chi connectivity index (χ1v) is 8.89. The summed E-state index contributed by atoms with van der Waals surface area (Å²) in [5.74, 6) is 0.0968. The molecule has 4 nitrogen and oxygen atoms in total. The van der Waals surface area contributed by atoms with Crippen molar-refractivity contribution >= 4 is 23.2 Å². The van der Waals surface area contributed by atoms with E-state index < -0.39 is 0 Å². The van der Waals surface area contributed by atoms with Gasteiger partial charge in [0, 0.05) is 37.4 Å². The van der Waals surface area contributed by atoms with Crippen molar-refractivity contribution < 1.29 is 9.53 Å². The van der Waals surface area contributed by atoms with E-state index in [2.05, 4.69) is 29.2 Å². The zero-order valence-corrected chi connectivity index (χ0v) is 15.2. The molecule has 1 saturated heterocycles. The Labute approximate surface area is 154 Å². The minimum Gasteiger partial charge on any atom is -0.378 e. The molecular formula is C20H23ClN2O2. The van der Waals surface area contributed by atoms with Gasteiger partial charge in [0.1, 0.15) is 0 Å². The lowest BCUT2D eigenvalue weighted by molar-refractivity contribution is -0.129. The Morgan fingerprint density at radius 1 is 1.04 bits per heavy atom. The quantitative estimate of drug-likeness (QED) is 0.821. The Hall–Kier alpha value is -2.04. The van der Waals surface area contributed by atoms with E-state index in [1.165, 1.54) is 5.69 Å². The largest absolute Gasteiger partial charge is 0.378 e. The van der Waals surface area contributed by atoms with Crippen LogP contribution in [-0.2, 0) is 22.5 Å². The summed E-state index contributed by atoms with van der Waals surface area (Å²) in [5, 5.41) is 0.685. The fourth-order valence-electron chi connectivity index (χ4n) is 2.91. The summed E-state index contributed by atoms with van der Waals surface area (Å²) in [6.45, 7) is 4.03. The molecular weight excluding hydrogens is 336 g/mol. The fourth-order valence-corrected chi connectivity index (χ4v) is 3.03. The SMILES string of the molecule is CN(Cc1ccc(N2CCOCC2)cc1)C(=O)Cc1ccc(Cl)cc1. The van der Waals surface area contributed by atoms with Crippen LogP contribution in [0, 0.1) is 0 Å². The molecule has 25 heavy (non-hydrogen) atoms. The minimum atomic E-state index is 0.0968. The second kappa shape index (κ2) is 8.37. The zero-order valence-electron chi connectivity index (χ0n) is 14.5. The molecule has 132 valence electrons. The number of ether oxygens (including phenoxy) is 1. The molecule has 0 spiro atoms. The molecule has 1 aliphatic heterocycles. The molecule has 0 N–H and O–H groups in total. The van der Waals surface area contributed by atoms with E-state index >= 15 is 0 Å². The third kappa shape index (κ3) is 4.97. The van der Waals surface area contributed by atoms with E-state index in [0.29, 0.717) is 18.0 Å². The molecule has 0 atom stereocenters. The summed E-state index contributed by atoms with van der Waals surface area (Å²) in [6, 6.07) is 15.9. The topological polar surface area (TPSA) is 32.8 Å². The zero-order chi connectivity index (χ0) is 17.6. The van der Waals surface area contributed by atoms with Gasteiger partial charge in [0.2, 0.25) is 5.91 Å². The van der Waals surface area contributed by atoms with Crippen LogP contribution in [0.4, 0.5) is 5.69 Å². The molecule has 2 aromatic rings. The molecule has 0 bridgehead atoms. The third-order valence-electron chi connectivity index (χ3n) is 4.43. The highest BCUT2D eigenvalue weighted by Crippen LogP contribution is 2.18. The van der Waals surface area contributed by atoms with Gasteiger partial charge in [0.25, 0.3) is 0 Å². The lowest BCUT2D eigenvalue weighted by Gasteiger charge is -2.29. The van der Waals surface area contributed by atoms with E-state index in [-0.39, 0.29) is 5.91 Å². The average Bonchev–Trinajstić information content (AvgIpc) is 2.65. The maximum absolute atomic E-state index is 12.4. The number of anilines is 1. The second-order valence-electron chi connectivity index (χ2n) is 6.32. The van der Waals surface area contributed by atoms with Gasteiger partial charge in [-0.2, -0.15) is 0 Å². The Kier molecular flexibility index (Phi) is 5.95. The van der Waals surface area contributed by atoms with Gasteiger partial charge in [-0.15, -0.1) is 0 Å². The maximum Gasteiger partial charge on any atom is 0.227 e. The van der Waals surface area contributed by atoms with Crippen LogP contribution < -0.4 is 4.90 Å². The van der Waals surface area contributed by atoms with Gasteiger partial charge in [0.15, 0.2) is 0 Å². The highest BCUT2D eigenvalue weighted by Gasteiger charge is 2.13. The summed E-state index contributed by atoms with van der Waals surface area (Å²) in [4.78, 5) is 16.5. The Morgan fingerprint density at radius 2 is 1.64 bits per heavy atom. The number of halogens is 1. The first kappa shape index (κ1) is 17.8. The summed E-state index contributed by atoms with van der Waals surface area (Å²) in [7, 11) is 1.84. The molecule has 0 unspecified atom stereocenters. The maximum atomic E-state index is 12.4. The van der Waals surface area contributed by atoms with E-state index in [9.17, 15) is 4.79 Å².